The van der Waals surface area contributed by atoms with Crippen LogP contribution in [0.5, 0.6) is 0 Å². The lowest BCUT2D eigenvalue weighted by molar-refractivity contribution is -0.131. The van der Waals surface area contributed by atoms with Gasteiger partial charge in [0, 0.05) is 6.08 Å². The largest absolute Gasteiger partial charge is 0.508 e. The van der Waals surface area contributed by atoms with Gasteiger partial charge in [-0.25, -0.2) is 9.59 Å². The zero-order valence-electron chi connectivity index (χ0n) is 6.80. The second kappa shape index (κ2) is 6.01. The highest BCUT2D eigenvalue weighted by Crippen LogP contribution is 2.03. The zero-order chi connectivity index (χ0) is 10.3. The summed E-state index contributed by atoms with van der Waals surface area (Å²) in [5.41, 5.74) is 0. The van der Waals surface area contributed by atoms with E-state index in [0.29, 0.717) is 0 Å². The van der Waals surface area contributed by atoms with Crippen molar-refractivity contribution in [1.29, 1.82) is 0 Å². The molecule has 6 heteroatoms. The second-order valence-corrected chi connectivity index (χ2v) is 2.03. The number of ether oxygens (including phenoxy) is 2. The van der Waals surface area contributed by atoms with Gasteiger partial charge in [-0.05, 0) is 0 Å². The number of aliphatic hydroxyl groups excluding tert-OH is 1. The predicted molar refractivity (Wildman–Crippen MR) is 41.1 cm³/mol. The van der Waals surface area contributed by atoms with Crippen LogP contribution < -0.4 is 0 Å². The van der Waals surface area contributed by atoms with E-state index in [1.54, 1.807) is 0 Å². The van der Waals surface area contributed by atoms with Gasteiger partial charge in [-0.15, -0.1) is 0 Å². The van der Waals surface area contributed by atoms with Gasteiger partial charge in [0.05, 0.1) is 6.61 Å². The van der Waals surface area contributed by atoms with Gasteiger partial charge in [0.2, 0.25) is 0 Å². The molecular weight excluding hydrogens is 180 g/mol. The first-order valence-corrected chi connectivity index (χ1v) is 3.39. The van der Waals surface area contributed by atoms with E-state index in [0.717, 1.165) is 6.08 Å². The molecule has 0 aliphatic carbocycles. The minimum atomic E-state index is -0.981. The summed E-state index contributed by atoms with van der Waals surface area (Å²) in [5, 5.41) is 15.9. The van der Waals surface area contributed by atoms with Crippen molar-refractivity contribution in [2.75, 3.05) is 13.2 Å². The van der Waals surface area contributed by atoms with E-state index in [-0.39, 0.29) is 13.2 Å². The van der Waals surface area contributed by atoms with Crippen molar-refractivity contribution < 1.29 is 29.3 Å². The number of carbonyl (C=O) groups is 2. The Kier molecular flexibility index (Phi) is 5.29. The zero-order valence-corrected chi connectivity index (χ0v) is 6.80. The summed E-state index contributed by atoms with van der Waals surface area (Å²) in [7, 11) is 0. The Labute approximate surface area is 74.4 Å². The van der Waals surface area contributed by atoms with Gasteiger partial charge in [-0.2, -0.15) is 0 Å². The third kappa shape index (κ3) is 5.68. The van der Waals surface area contributed by atoms with E-state index in [1.807, 2.05) is 0 Å². The molecule has 0 amide bonds. The summed E-state index contributed by atoms with van der Waals surface area (Å²) in [4.78, 5) is 19.3. The molecule has 1 aliphatic rings. The van der Waals surface area contributed by atoms with Crippen molar-refractivity contribution >= 4 is 12.1 Å². The molecule has 2 N–H and O–H groups in total. The fourth-order valence-electron chi connectivity index (χ4n) is 0.455. The van der Waals surface area contributed by atoms with Gasteiger partial charge in [0.1, 0.15) is 6.61 Å². The summed E-state index contributed by atoms with van der Waals surface area (Å²) < 4.78 is 8.73. The van der Waals surface area contributed by atoms with E-state index in [2.05, 4.69) is 16.1 Å². The lowest BCUT2D eigenvalue weighted by Crippen LogP contribution is -2.14. The van der Waals surface area contributed by atoms with E-state index in [1.165, 1.54) is 0 Å². The topological polar surface area (TPSA) is 93.1 Å². The quantitative estimate of drug-likeness (QED) is 0.461. The standard InChI is InChI=1S/C4H6O4.C3H4O2/c5-1-3-2-7-4(6)8-3;1-2-3(4)5/h3,5H,1-2H2;2H,1H2,(H,4,5). The van der Waals surface area contributed by atoms with Crippen LogP contribution in [0.1, 0.15) is 0 Å². The molecule has 1 rings (SSSR count). The molecule has 0 radical (unpaired) electrons. The summed E-state index contributed by atoms with van der Waals surface area (Å²) in [6, 6.07) is 0. The Balaban J connectivity index is 0.000000252. The molecule has 0 spiro atoms. The number of aliphatic carboxylic acids is 1. The molecule has 0 aromatic heterocycles. The lowest BCUT2D eigenvalue weighted by Gasteiger charge is -1.96. The van der Waals surface area contributed by atoms with Crippen molar-refractivity contribution in [3.8, 4) is 0 Å². The molecule has 1 saturated heterocycles. The van der Waals surface area contributed by atoms with Crippen LogP contribution in [0.4, 0.5) is 4.79 Å². The number of hydrogen-bond acceptors (Lipinski definition) is 5. The maximum Gasteiger partial charge on any atom is 0.508 e. The first-order chi connectivity index (χ1) is 6.10. The van der Waals surface area contributed by atoms with Crippen molar-refractivity contribution in [2.45, 2.75) is 6.10 Å². The summed E-state index contributed by atoms with van der Waals surface area (Å²) in [6.45, 7) is 2.98. The number of carboxylic acid groups (broad SMARTS) is 1. The Morgan fingerprint density at radius 3 is 2.46 bits per heavy atom. The molecule has 74 valence electrons. The maximum absolute atomic E-state index is 10.1. The average Bonchev–Trinajstić information content (AvgIpc) is 2.52. The second-order valence-electron chi connectivity index (χ2n) is 2.03. The van der Waals surface area contributed by atoms with Crippen LogP contribution in [0, 0.1) is 0 Å². The molecule has 0 bridgehead atoms. The minimum Gasteiger partial charge on any atom is -0.478 e. The van der Waals surface area contributed by atoms with Crippen LogP contribution in [0.3, 0.4) is 0 Å². The van der Waals surface area contributed by atoms with Gasteiger partial charge in [0.15, 0.2) is 6.10 Å². The highest BCUT2D eigenvalue weighted by molar-refractivity contribution is 5.78. The highest BCUT2D eigenvalue weighted by atomic mass is 16.8. The van der Waals surface area contributed by atoms with Crippen molar-refractivity contribution in [1.82, 2.24) is 0 Å². The van der Waals surface area contributed by atoms with Crippen LogP contribution in [0.2, 0.25) is 0 Å². The van der Waals surface area contributed by atoms with Gasteiger partial charge < -0.3 is 19.7 Å². The predicted octanol–water partition coefficient (Wildman–Crippen LogP) is -0.229. The highest BCUT2D eigenvalue weighted by Gasteiger charge is 2.23. The van der Waals surface area contributed by atoms with Crippen LogP contribution in [-0.2, 0) is 14.3 Å². The van der Waals surface area contributed by atoms with Crippen LogP contribution in [-0.4, -0.2) is 41.7 Å². The summed E-state index contributed by atoms with van der Waals surface area (Å²) in [6.07, 6.45) is -0.299. The Morgan fingerprint density at radius 1 is 1.77 bits per heavy atom. The fourth-order valence-corrected chi connectivity index (χ4v) is 0.455. The van der Waals surface area contributed by atoms with E-state index in [9.17, 15) is 9.59 Å². The smallest absolute Gasteiger partial charge is 0.478 e. The average molecular weight is 190 g/mol. The van der Waals surface area contributed by atoms with Crippen LogP contribution in [0.25, 0.3) is 0 Å². The minimum absolute atomic E-state index is 0.161. The molecule has 6 nitrogen and oxygen atoms in total. The molecule has 13 heavy (non-hydrogen) atoms. The van der Waals surface area contributed by atoms with Crippen LogP contribution in [0.15, 0.2) is 12.7 Å². The van der Waals surface area contributed by atoms with Crippen molar-refractivity contribution in [2.24, 2.45) is 0 Å². The molecule has 0 aromatic carbocycles. The normalized spacial score (nSPS) is 19.2. The summed E-state index contributed by atoms with van der Waals surface area (Å²) in [5.74, 6) is -0.981. The Hall–Kier alpha value is -1.56. The van der Waals surface area contributed by atoms with Gasteiger partial charge in [-0.3, -0.25) is 0 Å². The van der Waals surface area contributed by atoms with E-state index < -0.39 is 18.2 Å². The monoisotopic (exact) mass is 190 g/mol. The van der Waals surface area contributed by atoms with E-state index >= 15 is 0 Å². The third-order valence-corrected chi connectivity index (χ3v) is 1.03. The lowest BCUT2D eigenvalue weighted by atomic mass is 10.4. The molecule has 1 heterocycles. The molecule has 1 atom stereocenters. The van der Waals surface area contributed by atoms with Gasteiger partial charge in [-0.1, -0.05) is 6.58 Å². The first kappa shape index (κ1) is 11.4. The van der Waals surface area contributed by atoms with Crippen molar-refractivity contribution in [3.63, 3.8) is 0 Å². The van der Waals surface area contributed by atoms with Crippen molar-refractivity contribution in [3.05, 3.63) is 12.7 Å². The maximum atomic E-state index is 10.1. The third-order valence-electron chi connectivity index (χ3n) is 1.03. The number of carbonyl (C=O) groups excluding carboxylic acids is 1. The number of rotatable bonds is 2. The fraction of sp³-hybridized carbons (Fsp3) is 0.429. The van der Waals surface area contributed by atoms with Gasteiger partial charge in [0.25, 0.3) is 0 Å². The number of carboxylic acids is 1. The van der Waals surface area contributed by atoms with Crippen LogP contribution >= 0.6 is 0 Å². The summed E-state index contributed by atoms with van der Waals surface area (Å²) >= 11 is 0. The molecule has 1 aliphatic heterocycles. The molecule has 1 fully saturated rings. The Morgan fingerprint density at radius 2 is 2.31 bits per heavy atom. The number of aliphatic hydroxyl groups is 1. The van der Waals surface area contributed by atoms with E-state index in [4.69, 9.17) is 10.2 Å². The SMILES string of the molecule is C=CC(=O)O.O=C1OCC(CO)O1. The molecule has 1 unspecified atom stereocenters. The molecule has 0 aromatic rings. The Bertz CT molecular complexity index is 199. The molecule has 0 saturated carbocycles. The number of hydrogen-bond donors (Lipinski definition) is 2. The molecular formula is C7H10O6. The van der Waals surface area contributed by atoms with Gasteiger partial charge >= 0.3 is 12.1 Å². The number of cyclic esters (lactones) is 2. The first-order valence-electron chi connectivity index (χ1n) is 3.39.